The zero-order valence-corrected chi connectivity index (χ0v) is 19.6. The van der Waals surface area contributed by atoms with Crippen molar-refractivity contribution < 1.29 is 9.36 Å². The number of rotatable bonds is 10. The molecule has 4 rings (SSSR count). The predicted octanol–water partition coefficient (Wildman–Crippen LogP) is 5.00. The van der Waals surface area contributed by atoms with E-state index in [0.29, 0.717) is 12.5 Å². The van der Waals surface area contributed by atoms with Crippen LogP contribution in [-0.2, 0) is 17.9 Å². The summed E-state index contributed by atoms with van der Waals surface area (Å²) in [6, 6.07) is 0. The van der Waals surface area contributed by atoms with Gasteiger partial charge in [-0.15, -0.1) is 0 Å². The monoisotopic (exact) mass is 443 g/mol. The highest BCUT2D eigenvalue weighted by molar-refractivity contribution is 5.77. The number of nitrogens with zero attached hydrogens (tertiary/aromatic N) is 4. The van der Waals surface area contributed by atoms with Crippen molar-refractivity contribution in [2.45, 2.75) is 52.1 Å². The van der Waals surface area contributed by atoms with E-state index in [1.54, 1.807) is 4.90 Å². The molecule has 0 saturated carbocycles. The van der Waals surface area contributed by atoms with Gasteiger partial charge in [0, 0.05) is 37.3 Å². The maximum Gasteiger partial charge on any atom is 0.272 e. The predicted molar refractivity (Wildman–Crippen MR) is 132 cm³/mol. The van der Waals surface area contributed by atoms with Gasteiger partial charge in [0.2, 0.25) is 6.33 Å². The highest BCUT2D eigenvalue weighted by atomic mass is 16.2. The number of aromatic nitrogens is 2. The molecule has 0 atom stereocenters. The number of imidazole rings is 1. The van der Waals surface area contributed by atoms with Crippen LogP contribution in [0.25, 0.3) is 0 Å². The van der Waals surface area contributed by atoms with Gasteiger partial charge < -0.3 is 4.90 Å². The third-order valence-electron chi connectivity index (χ3n) is 6.18. The van der Waals surface area contributed by atoms with E-state index >= 15 is 0 Å². The second-order valence-corrected chi connectivity index (χ2v) is 8.84. The minimum atomic E-state index is 0.0407. The molecule has 0 N–H and O–H groups in total. The molecule has 3 heterocycles. The number of allylic oxidation sites excluding steroid dienone is 10. The number of amides is 1. The SMILES string of the molecule is CCCCCCCN1C=CC(=C2C=CN(C(=O)C[n+]3ccn(CC4C=CC=C4)c3)C=C2)C=C1. The van der Waals surface area contributed by atoms with Gasteiger partial charge in [-0.05, 0) is 41.9 Å². The van der Waals surface area contributed by atoms with Crippen LogP contribution in [0.5, 0.6) is 0 Å². The first-order chi connectivity index (χ1) is 16.2. The fraction of sp³-hybridized carbons (Fsp3) is 0.357. The van der Waals surface area contributed by atoms with Crippen molar-refractivity contribution in [3.8, 4) is 0 Å². The summed E-state index contributed by atoms with van der Waals surface area (Å²) < 4.78 is 4.06. The van der Waals surface area contributed by atoms with Crippen LogP contribution in [0.1, 0.15) is 39.0 Å². The lowest BCUT2D eigenvalue weighted by atomic mass is 10.0. The van der Waals surface area contributed by atoms with Crippen LogP contribution in [0.15, 0.2) is 103 Å². The van der Waals surface area contributed by atoms with E-state index in [1.807, 2.05) is 47.8 Å². The van der Waals surface area contributed by atoms with Gasteiger partial charge in [0.1, 0.15) is 12.4 Å². The molecule has 5 heteroatoms. The summed E-state index contributed by atoms with van der Waals surface area (Å²) in [6.07, 6.45) is 37.3. The fourth-order valence-corrected chi connectivity index (χ4v) is 4.20. The Kier molecular flexibility index (Phi) is 7.96. The average molecular weight is 444 g/mol. The quantitative estimate of drug-likeness (QED) is 0.377. The van der Waals surface area contributed by atoms with E-state index in [1.165, 1.54) is 37.7 Å². The Hall–Kier alpha value is -3.34. The van der Waals surface area contributed by atoms with E-state index < -0.39 is 0 Å². The first kappa shape index (κ1) is 22.8. The molecule has 33 heavy (non-hydrogen) atoms. The molecular formula is C28H35N4O+. The van der Waals surface area contributed by atoms with Gasteiger partial charge in [0.05, 0.1) is 6.54 Å². The van der Waals surface area contributed by atoms with Gasteiger partial charge >= 0.3 is 0 Å². The van der Waals surface area contributed by atoms with Crippen LogP contribution in [-0.4, -0.2) is 26.8 Å². The van der Waals surface area contributed by atoms with Crippen LogP contribution in [0.4, 0.5) is 0 Å². The summed E-state index contributed by atoms with van der Waals surface area (Å²) in [5, 5.41) is 0. The van der Waals surface area contributed by atoms with Gasteiger partial charge in [0.25, 0.3) is 5.91 Å². The van der Waals surface area contributed by atoms with Crippen molar-refractivity contribution in [3.63, 3.8) is 0 Å². The number of hydrogen-bond donors (Lipinski definition) is 0. The summed E-state index contributed by atoms with van der Waals surface area (Å²) in [5.74, 6) is 0.473. The minimum absolute atomic E-state index is 0.0407. The largest absolute Gasteiger partial charge is 0.354 e. The first-order valence-electron chi connectivity index (χ1n) is 12.1. The van der Waals surface area contributed by atoms with Gasteiger partial charge in [-0.25, -0.2) is 9.13 Å². The lowest BCUT2D eigenvalue weighted by Gasteiger charge is -2.21. The van der Waals surface area contributed by atoms with Crippen LogP contribution in [0.3, 0.4) is 0 Å². The minimum Gasteiger partial charge on any atom is -0.354 e. The molecular weight excluding hydrogens is 408 g/mol. The molecule has 0 fully saturated rings. The second-order valence-electron chi connectivity index (χ2n) is 8.84. The maximum atomic E-state index is 12.7. The van der Waals surface area contributed by atoms with Crippen molar-refractivity contribution in [2.75, 3.05) is 6.54 Å². The molecule has 0 unspecified atom stereocenters. The van der Waals surface area contributed by atoms with Crippen molar-refractivity contribution in [1.82, 2.24) is 14.4 Å². The van der Waals surface area contributed by atoms with Crippen molar-refractivity contribution in [3.05, 3.63) is 103 Å². The summed E-state index contributed by atoms with van der Waals surface area (Å²) in [6.45, 7) is 4.53. The van der Waals surface area contributed by atoms with Gasteiger partial charge in [-0.3, -0.25) is 9.69 Å². The van der Waals surface area contributed by atoms with Crippen molar-refractivity contribution in [2.24, 2.45) is 5.92 Å². The van der Waals surface area contributed by atoms with Crippen molar-refractivity contribution >= 4 is 5.91 Å². The molecule has 5 nitrogen and oxygen atoms in total. The molecule has 1 amide bonds. The molecule has 0 bridgehead atoms. The Morgan fingerprint density at radius 1 is 0.909 bits per heavy atom. The first-order valence-corrected chi connectivity index (χ1v) is 12.1. The Balaban J connectivity index is 1.25. The van der Waals surface area contributed by atoms with E-state index in [4.69, 9.17) is 0 Å². The fourth-order valence-electron chi connectivity index (χ4n) is 4.20. The number of carbonyl (C=O) groups excluding carboxylic acids is 1. The smallest absolute Gasteiger partial charge is 0.272 e. The van der Waals surface area contributed by atoms with Crippen LogP contribution < -0.4 is 4.57 Å². The molecule has 1 aliphatic carbocycles. The standard InChI is InChI=1S/C28H35N4O/c1-2-3-4-5-8-15-29-16-11-26(12-17-29)27-13-18-32(19-14-27)28(33)23-31-21-20-30(24-31)22-25-9-6-7-10-25/h6-7,9-14,16-21,24-25H,2-5,8,15,22-23H2,1H3/q+1. The molecule has 2 aliphatic heterocycles. The number of unbranched alkanes of at least 4 members (excludes halogenated alkanes) is 4. The third-order valence-corrected chi connectivity index (χ3v) is 6.18. The molecule has 0 saturated heterocycles. The summed E-state index contributed by atoms with van der Waals surface area (Å²) in [7, 11) is 0. The number of carbonyl (C=O) groups is 1. The Labute approximate surface area is 197 Å². The zero-order valence-electron chi connectivity index (χ0n) is 19.6. The lowest BCUT2D eigenvalue weighted by Crippen LogP contribution is -2.40. The normalized spacial score (nSPS) is 17.2. The molecule has 1 aromatic rings. The van der Waals surface area contributed by atoms with Gasteiger partial charge in [-0.2, -0.15) is 0 Å². The second kappa shape index (κ2) is 11.5. The Morgan fingerprint density at radius 2 is 1.58 bits per heavy atom. The highest BCUT2D eigenvalue weighted by Gasteiger charge is 2.17. The molecule has 0 radical (unpaired) electrons. The topological polar surface area (TPSA) is 32.4 Å². The summed E-state index contributed by atoms with van der Waals surface area (Å²) in [5.41, 5.74) is 2.28. The van der Waals surface area contributed by atoms with E-state index in [9.17, 15) is 4.79 Å². The van der Waals surface area contributed by atoms with E-state index in [2.05, 4.69) is 65.2 Å². The lowest BCUT2D eigenvalue weighted by molar-refractivity contribution is -0.684. The van der Waals surface area contributed by atoms with E-state index in [-0.39, 0.29) is 5.91 Å². The molecule has 172 valence electrons. The molecule has 3 aliphatic rings. The average Bonchev–Trinajstić information content (AvgIpc) is 3.52. The van der Waals surface area contributed by atoms with Crippen LogP contribution in [0, 0.1) is 5.92 Å². The highest BCUT2D eigenvalue weighted by Crippen LogP contribution is 2.20. The maximum absolute atomic E-state index is 12.7. The molecule has 0 aromatic carbocycles. The third kappa shape index (κ3) is 6.58. The van der Waals surface area contributed by atoms with Crippen LogP contribution in [0.2, 0.25) is 0 Å². The Bertz CT molecular complexity index is 990. The van der Waals surface area contributed by atoms with Gasteiger partial charge in [0.15, 0.2) is 6.54 Å². The summed E-state index contributed by atoms with van der Waals surface area (Å²) >= 11 is 0. The van der Waals surface area contributed by atoms with Crippen molar-refractivity contribution in [1.29, 1.82) is 0 Å². The summed E-state index contributed by atoms with van der Waals surface area (Å²) in [4.78, 5) is 16.7. The van der Waals surface area contributed by atoms with Gasteiger partial charge in [-0.1, -0.05) is 56.9 Å². The molecule has 1 aromatic heterocycles. The van der Waals surface area contributed by atoms with E-state index in [0.717, 1.165) is 18.7 Å². The zero-order chi connectivity index (χ0) is 22.9. The Morgan fingerprint density at radius 3 is 2.27 bits per heavy atom. The number of hydrogen-bond acceptors (Lipinski definition) is 2. The molecule has 0 spiro atoms. The van der Waals surface area contributed by atoms with Crippen LogP contribution >= 0.6 is 0 Å².